The number of amides is 2. The lowest BCUT2D eigenvalue weighted by Gasteiger charge is -2.30. The Balaban J connectivity index is 1.43. The molecule has 1 aromatic heterocycles. The Morgan fingerprint density at radius 3 is 2.62 bits per heavy atom. The van der Waals surface area contributed by atoms with Gasteiger partial charge in [0.1, 0.15) is 0 Å². The van der Waals surface area contributed by atoms with Crippen molar-refractivity contribution in [2.24, 2.45) is 5.73 Å². The van der Waals surface area contributed by atoms with Gasteiger partial charge in [0.25, 0.3) is 0 Å². The fourth-order valence-corrected chi connectivity index (χ4v) is 5.00. The summed E-state index contributed by atoms with van der Waals surface area (Å²) < 4.78 is 0. The van der Waals surface area contributed by atoms with Crippen LogP contribution in [0.1, 0.15) is 16.7 Å². The van der Waals surface area contributed by atoms with Gasteiger partial charge in [-0.15, -0.1) is 11.3 Å². The van der Waals surface area contributed by atoms with Gasteiger partial charge >= 0.3 is 6.03 Å². The van der Waals surface area contributed by atoms with Crippen molar-refractivity contribution in [3.63, 3.8) is 0 Å². The predicted molar refractivity (Wildman–Crippen MR) is 131 cm³/mol. The molecular formula is C24H26N6OS. The molecule has 8 heteroatoms. The Labute approximate surface area is 191 Å². The van der Waals surface area contributed by atoms with E-state index in [4.69, 9.17) is 5.73 Å². The molecule has 2 aromatic carbocycles. The number of hydrogen-bond donors (Lipinski definition) is 2. The number of carbonyl (C=O) groups excluding carboxylic acids is 1. The van der Waals surface area contributed by atoms with Crippen molar-refractivity contribution in [3.05, 3.63) is 76.8 Å². The predicted octanol–water partition coefficient (Wildman–Crippen LogP) is 3.48. The number of benzene rings is 2. The fraction of sp³-hybridized carbons (Fsp3) is 0.250. The molecule has 1 aliphatic heterocycles. The lowest BCUT2D eigenvalue weighted by molar-refractivity contribution is 0.253. The largest absolute Gasteiger partial charge is 0.369 e. The summed E-state index contributed by atoms with van der Waals surface area (Å²) in [6.07, 6.45) is 4.85. The van der Waals surface area contributed by atoms with Crippen molar-refractivity contribution < 1.29 is 4.79 Å². The summed E-state index contributed by atoms with van der Waals surface area (Å²) in [5.74, 6) is 0. The van der Waals surface area contributed by atoms with Gasteiger partial charge in [-0.2, -0.15) is 0 Å². The average molecular weight is 447 g/mol. The summed E-state index contributed by atoms with van der Waals surface area (Å²) >= 11 is 1.45. The van der Waals surface area contributed by atoms with E-state index in [1.165, 1.54) is 38.7 Å². The van der Waals surface area contributed by atoms with Crippen molar-refractivity contribution in [2.45, 2.75) is 6.42 Å². The zero-order valence-electron chi connectivity index (χ0n) is 18.0. The number of hydrazine groups is 1. The third-order valence-electron chi connectivity index (χ3n) is 6.02. The Bertz CT molecular complexity index is 1140. The number of aromatic nitrogens is 1. The molecule has 0 radical (unpaired) electrons. The molecule has 164 valence electrons. The second kappa shape index (κ2) is 8.64. The first kappa shape index (κ1) is 20.5. The van der Waals surface area contributed by atoms with E-state index in [0.717, 1.165) is 43.9 Å². The van der Waals surface area contributed by atoms with Crippen LogP contribution in [0.25, 0.3) is 5.57 Å². The van der Waals surface area contributed by atoms with E-state index in [1.54, 1.807) is 18.3 Å². The second-order valence-corrected chi connectivity index (χ2v) is 8.81. The Kier molecular flexibility index (Phi) is 5.55. The number of primary amides is 1. The summed E-state index contributed by atoms with van der Waals surface area (Å²) in [5.41, 5.74) is 12.5. The summed E-state index contributed by atoms with van der Waals surface area (Å²) in [7, 11) is 1.79. The maximum atomic E-state index is 12.3. The third-order valence-corrected chi connectivity index (χ3v) is 6.86. The summed E-state index contributed by atoms with van der Waals surface area (Å²) in [5, 5.41) is 9.12. The number of nitrogens with two attached hydrogens (primary N) is 1. The van der Waals surface area contributed by atoms with Gasteiger partial charge in [-0.3, -0.25) is 5.01 Å². The number of anilines is 3. The number of rotatable bonds is 5. The Hall–Kier alpha value is -3.36. The van der Waals surface area contributed by atoms with E-state index in [0.29, 0.717) is 5.13 Å². The lowest BCUT2D eigenvalue weighted by atomic mass is 9.98. The number of fused-ring (bicyclic) bond motifs is 1. The number of hydrogen-bond acceptors (Lipinski definition) is 6. The molecular weight excluding hydrogens is 420 g/mol. The highest BCUT2D eigenvalue weighted by Gasteiger charge is 2.24. The standard InChI is InChI=1S/C24H26N6OS/c1-28(24-27-12-15-32-24)30(23(25)31)20-8-4-18-5-9-21(22(18)16-20)17-2-6-19(7-3-17)29-13-10-26-11-14-29/h2-4,6-9,12,15-16,26H,5,10-11,13-14H2,1H3,(H2,25,31). The first-order valence-corrected chi connectivity index (χ1v) is 11.6. The fourth-order valence-electron chi connectivity index (χ4n) is 4.40. The summed E-state index contributed by atoms with van der Waals surface area (Å²) in [6, 6.07) is 14.3. The molecule has 1 saturated heterocycles. The van der Waals surface area contributed by atoms with Crippen LogP contribution >= 0.6 is 11.3 Å². The molecule has 0 saturated carbocycles. The number of urea groups is 1. The molecule has 2 amide bonds. The maximum Gasteiger partial charge on any atom is 0.338 e. The molecule has 5 rings (SSSR count). The molecule has 0 atom stereocenters. The maximum absolute atomic E-state index is 12.3. The normalized spacial score (nSPS) is 15.3. The minimum absolute atomic E-state index is 0.549. The number of nitrogens with zero attached hydrogens (tertiary/aromatic N) is 4. The minimum Gasteiger partial charge on any atom is -0.369 e. The average Bonchev–Trinajstić information content (AvgIpc) is 3.50. The van der Waals surface area contributed by atoms with Crippen LogP contribution in [0, 0.1) is 0 Å². The molecule has 1 fully saturated rings. The summed E-state index contributed by atoms with van der Waals surface area (Å²) in [4.78, 5) is 19.0. The number of carbonyl (C=O) groups is 1. The van der Waals surface area contributed by atoms with Crippen LogP contribution in [0.5, 0.6) is 0 Å². The second-order valence-electron chi connectivity index (χ2n) is 7.94. The monoisotopic (exact) mass is 446 g/mol. The number of nitrogens with one attached hydrogen (secondary N) is 1. The van der Waals surface area contributed by atoms with Gasteiger partial charge in [0.2, 0.25) is 5.13 Å². The minimum atomic E-state index is -0.549. The highest BCUT2D eigenvalue weighted by molar-refractivity contribution is 7.13. The van der Waals surface area contributed by atoms with Gasteiger partial charge in [0, 0.05) is 50.5 Å². The molecule has 7 nitrogen and oxygen atoms in total. The van der Waals surface area contributed by atoms with E-state index in [-0.39, 0.29) is 0 Å². The molecule has 3 N–H and O–H groups in total. The van der Waals surface area contributed by atoms with Gasteiger partial charge in [0.15, 0.2) is 0 Å². The first-order valence-electron chi connectivity index (χ1n) is 10.7. The van der Waals surface area contributed by atoms with E-state index >= 15 is 0 Å². The zero-order chi connectivity index (χ0) is 22.1. The lowest BCUT2D eigenvalue weighted by Crippen LogP contribution is -2.47. The quantitative estimate of drug-likeness (QED) is 0.587. The van der Waals surface area contributed by atoms with Gasteiger partial charge in [0.05, 0.1) is 5.69 Å². The molecule has 0 bridgehead atoms. The van der Waals surface area contributed by atoms with E-state index in [1.807, 2.05) is 17.5 Å². The highest BCUT2D eigenvalue weighted by atomic mass is 32.1. The highest BCUT2D eigenvalue weighted by Crippen LogP contribution is 2.36. The summed E-state index contributed by atoms with van der Waals surface area (Å²) in [6.45, 7) is 4.11. The topological polar surface area (TPSA) is 77.7 Å². The van der Waals surface area contributed by atoms with Crippen molar-refractivity contribution in [1.29, 1.82) is 0 Å². The van der Waals surface area contributed by atoms with Crippen LogP contribution in [0.3, 0.4) is 0 Å². The molecule has 2 aliphatic rings. The number of thiazole rings is 1. The first-order chi connectivity index (χ1) is 15.6. The Morgan fingerprint density at radius 1 is 1.16 bits per heavy atom. The van der Waals surface area contributed by atoms with E-state index < -0.39 is 6.03 Å². The van der Waals surface area contributed by atoms with Gasteiger partial charge < -0.3 is 16.0 Å². The van der Waals surface area contributed by atoms with Gasteiger partial charge in [-0.1, -0.05) is 24.3 Å². The number of piperazine rings is 1. The van der Waals surface area contributed by atoms with Crippen molar-refractivity contribution in [3.8, 4) is 0 Å². The smallest absolute Gasteiger partial charge is 0.338 e. The molecule has 32 heavy (non-hydrogen) atoms. The van der Waals surface area contributed by atoms with E-state index in [2.05, 4.69) is 51.6 Å². The molecule has 0 spiro atoms. The molecule has 0 unspecified atom stereocenters. The zero-order valence-corrected chi connectivity index (χ0v) is 18.8. The molecule has 3 aromatic rings. The van der Waals surface area contributed by atoms with Crippen LogP contribution in [-0.4, -0.2) is 44.2 Å². The van der Waals surface area contributed by atoms with Crippen LogP contribution < -0.4 is 26.0 Å². The van der Waals surface area contributed by atoms with Gasteiger partial charge in [-0.25, -0.2) is 14.8 Å². The van der Waals surface area contributed by atoms with Gasteiger partial charge in [-0.05, 0) is 52.9 Å². The van der Waals surface area contributed by atoms with Crippen molar-refractivity contribution in [1.82, 2.24) is 10.3 Å². The van der Waals surface area contributed by atoms with E-state index in [9.17, 15) is 4.79 Å². The van der Waals surface area contributed by atoms with Crippen LogP contribution in [0.2, 0.25) is 0 Å². The van der Waals surface area contributed by atoms with Crippen LogP contribution in [0.4, 0.5) is 21.3 Å². The van der Waals surface area contributed by atoms with Crippen LogP contribution in [0.15, 0.2) is 60.1 Å². The molecule has 2 heterocycles. The Morgan fingerprint density at radius 2 is 1.94 bits per heavy atom. The third kappa shape index (κ3) is 3.83. The van der Waals surface area contributed by atoms with Crippen molar-refractivity contribution in [2.75, 3.05) is 48.1 Å². The SMILES string of the molecule is CN(c1nccs1)N(C(N)=O)c1ccc2c(c1)C(c1ccc(N3CCNCC3)cc1)=CC2. The number of allylic oxidation sites excluding steroid dienone is 1. The molecule has 1 aliphatic carbocycles. The van der Waals surface area contributed by atoms with Crippen molar-refractivity contribution >= 4 is 39.4 Å². The van der Waals surface area contributed by atoms with Crippen LogP contribution in [-0.2, 0) is 6.42 Å².